The molecule has 116 valence electrons. The van der Waals surface area contributed by atoms with Crippen molar-refractivity contribution in [2.24, 2.45) is 0 Å². The quantitative estimate of drug-likeness (QED) is 0.430. The fraction of sp³-hybridized carbons (Fsp3) is 0.267. The highest BCUT2D eigenvalue weighted by molar-refractivity contribution is 5.94. The largest absolute Gasteiger partial charge is 0.484 e. The molecule has 1 aliphatic heterocycles. The molecule has 2 rings (SSSR count). The maximum absolute atomic E-state index is 11.8. The van der Waals surface area contributed by atoms with Crippen LogP contribution in [0, 0.1) is 0 Å². The molecule has 0 radical (unpaired) electrons. The van der Waals surface area contributed by atoms with Gasteiger partial charge in [-0.15, -0.1) is 0 Å². The summed E-state index contributed by atoms with van der Waals surface area (Å²) in [5, 5.41) is 5.11. The number of carbonyl (C=O) groups excluding carboxylic acids is 3. The van der Waals surface area contributed by atoms with E-state index in [-0.39, 0.29) is 12.5 Å². The molecule has 7 nitrogen and oxygen atoms in total. The fourth-order valence-corrected chi connectivity index (χ4v) is 1.85. The third kappa shape index (κ3) is 4.08. The Morgan fingerprint density at radius 2 is 2.05 bits per heavy atom. The van der Waals surface area contributed by atoms with Crippen LogP contribution in [-0.2, 0) is 19.1 Å². The van der Waals surface area contributed by atoms with Crippen LogP contribution in [0.1, 0.15) is 0 Å². The lowest BCUT2D eigenvalue weighted by atomic mass is 9.98. The number of amides is 2. The molecule has 1 fully saturated rings. The highest BCUT2D eigenvalue weighted by Gasteiger charge is 2.38. The monoisotopic (exact) mass is 304 g/mol. The molecule has 22 heavy (non-hydrogen) atoms. The number of benzene rings is 1. The molecule has 0 bridgehead atoms. The van der Waals surface area contributed by atoms with Gasteiger partial charge in [-0.1, -0.05) is 24.3 Å². The van der Waals surface area contributed by atoms with Crippen molar-refractivity contribution >= 4 is 17.8 Å². The lowest BCUT2D eigenvalue weighted by Crippen LogP contribution is -2.68. The summed E-state index contributed by atoms with van der Waals surface area (Å²) in [6.45, 7) is -0.193. The second-order valence-electron chi connectivity index (χ2n) is 4.56. The molecular weight excluding hydrogens is 288 g/mol. The van der Waals surface area contributed by atoms with Gasteiger partial charge in [-0.25, -0.2) is 4.79 Å². The number of esters is 1. The summed E-state index contributed by atoms with van der Waals surface area (Å²) in [4.78, 5) is 34.2. The Bertz CT molecular complexity index is 585. The molecule has 0 saturated carbocycles. The highest BCUT2D eigenvalue weighted by atomic mass is 16.5. The third-order valence-electron chi connectivity index (χ3n) is 3.02. The second-order valence-corrected chi connectivity index (χ2v) is 4.56. The van der Waals surface area contributed by atoms with Crippen molar-refractivity contribution in [3.05, 3.63) is 42.5 Å². The van der Waals surface area contributed by atoms with Crippen molar-refractivity contribution < 1.29 is 23.9 Å². The summed E-state index contributed by atoms with van der Waals surface area (Å²) in [5.74, 6) is -0.691. The van der Waals surface area contributed by atoms with E-state index in [1.807, 2.05) is 6.07 Å². The van der Waals surface area contributed by atoms with Gasteiger partial charge in [0.05, 0.1) is 13.2 Å². The van der Waals surface area contributed by atoms with Crippen LogP contribution in [0.3, 0.4) is 0 Å². The maximum Gasteiger partial charge on any atom is 0.330 e. The van der Waals surface area contributed by atoms with Crippen LogP contribution in [0.15, 0.2) is 42.5 Å². The number of para-hydroxylation sites is 1. The first-order chi connectivity index (χ1) is 10.6. The predicted octanol–water partition coefficient (Wildman–Crippen LogP) is -0.222. The van der Waals surface area contributed by atoms with E-state index < -0.39 is 24.0 Å². The van der Waals surface area contributed by atoms with E-state index in [0.717, 1.165) is 0 Å². The van der Waals surface area contributed by atoms with Crippen LogP contribution in [0.2, 0.25) is 0 Å². The van der Waals surface area contributed by atoms with Gasteiger partial charge in [-0.2, -0.15) is 0 Å². The minimum Gasteiger partial charge on any atom is -0.484 e. The number of methoxy groups -OCH3 is 1. The van der Waals surface area contributed by atoms with E-state index in [2.05, 4.69) is 15.4 Å². The Kier molecular flexibility index (Phi) is 5.13. The van der Waals surface area contributed by atoms with Crippen LogP contribution >= 0.6 is 0 Å². The van der Waals surface area contributed by atoms with Crippen molar-refractivity contribution in [1.82, 2.24) is 10.6 Å². The number of carbonyl (C=O) groups is 3. The molecule has 7 heteroatoms. The molecule has 1 aromatic rings. The fourth-order valence-electron chi connectivity index (χ4n) is 1.85. The van der Waals surface area contributed by atoms with Gasteiger partial charge in [-0.05, 0) is 12.1 Å². The number of β-lactam (4-membered cyclic amide) rings is 1. The number of ether oxygens (including phenoxy) is 2. The summed E-state index contributed by atoms with van der Waals surface area (Å²) in [7, 11) is 1.26. The Morgan fingerprint density at radius 1 is 1.32 bits per heavy atom. The Labute approximate surface area is 127 Å². The Morgan fingerprint density at radius 3 is 2.68 bits per heavy atom. The van der Waals surface area contributed by atoms with Crippen molar-refractivity contribution in [2.75, 3.05) is 13.7 Å². The normalized spacial score (nSPS) is 20.0. The van der Waals surface area contributed by atoms with Gasteiger partial charge in [-0.3, -0.25) is 9.59 Å². The van der Waals surface area contributed by atoms with E-state index in [0.29, 0.717) is 5.75 Å². The van der Waals surface area contributed by atoms with Gasteiger partial charge < -0.3 is 20.1 Å². The molecule has 1 aliphatic rings. The Balaban J connectivity index is 1.81. The van der Waals surface area contributed by atoms with Gasteiger partial charge in [0, 0.05) is 6.08 Å². The summed E-state index contributed by atoms with van der Waals surface area (Å²) >= 11 is 0. The molecular formula is C15H16N2O5. The molecule has 2 atom stereocenters. The van der Waals surface area contributed by atoms with Gasteiger partial charge in [0.15, 0.2) is 6.61 Å². The minimum atomic E-state index is -0.715. The van der Waals surface area contributed by atoms with E-state index in [1.54, 1.807) is 24.3 Å². The first kappa shape index (κ1) is 15.6. The summed E-state index contributed by atoms with van der Waals surface area (Å²) in [6.07, 6.45) is 2.67. The molecule has 0 spiro atoms. The van der Waals surface area contributed by atoms with Crippen molar-refractivity contribution in [1.29, 1.82) is 0 Å². The number of rotatable bonds is 6. The smallest absolute Gasteiger partial charge is 0.330 e. The van der Waals surface area contributed by atoms with E-state index in [4.69, 9.17) is 4.74 Å². The van der Waals surface area contributed by atoms with E-state index in [9.17, 15) is 14.4 Å². The number of nitrogens with one attached hydrogen (secondary N) is 2. The van der Waals surface area contributed by atoms with Gasteiger partial charge in [0.25, 0.3) is 5.91 Å². The SMILES string of the molecule is COC(=O)/C=C/C1NC(=O)C1NC(=O)COc1ccccc1. The summed E-state index contributed by atoms with van der Waals surface area (Å²) in [5.41, 5.74) is 0. The van der Waals surface area contributed by atoms with Crippen molar-refractivity contribution in [2.45, 2.75) is 12.1 Å². The van der Waals surface area contributed by atoms with Gasteiger partial charge in [0.1, 0.15) is 11.8 Å². The third-order valence-corrected chi connectivity index (χ3v) is 3.02. The first-order valence-corrected chi connectivity index (χ1v) is 6.64. The zero-order chi connectivity index (χ0) is 15.9. The molecule has 0 aromatic heterocycles. The zero-order valence-electron chi connectivity index (χ0n) is 11.9. The molecule has 1 saturated heterocycles. The van der Waals surface area contributed by atoms with Crippen LogP contribution in [0.5, 0.6) is 5.75 Å². The molecule has 0 aliphatic carbocycles. The summed E-state index contributed by atoms with van der Waals surface area (Å²) in [6, 6.07) is 7.72. The Hall–Kier alpha value is -2.83. The van der Waals surface area contributed by atoms with Crippen LogP contribution < -0.4 is 15.4 Å². The van der Waals surface area contributed by atoms with Crippen LogP contribution in [0.4, 0.5) is 0 Å². The van der Waals surface area contributed by atoms with Crippen molar-refractivity contribution in [3.8, 4) is 5.75 Å². The average molecular weight is 304 g/mol. The minimum absolute atomic E-state index is 0.193. The van der Waals surface area contributed by atoms with Crippen LogP contribution in [-0.4, -0.2) is 43.6 Å². The molecule has 2 amide bonds. The number of hydrogen-bond acceptors (Lipinski definition) is 5. The summed E-state index contributed by atoms with van der Waals surface area (Å²) < 4.78 is 9.74. The highest BCUT2D eigenvalue weighted by Crippen LogP contribution is 2.10. The molecule has 2 N–H and O–H groups in total. The molecule has 2 unspecified atom stereocenters. The van der Waals surface area contributed by atoms with Gasteiger partial charge in [0.2, 0.25) is 5.91 Å². The van der Waals surface area contributed by atoms with E-state index in [1.165, 1.54) is 19.3 Å². The van der Waals surface area contributed by atoms with E-state index >= 15 is 0 Å². The lowest BCUT2D eigenvalue weighted by molar-refractivity contribution is -0.136. The van der Waals surface area contributed by atoms with Crippen molar-refractivity contribution in [3.63, 3.8) is 0 Å². The average Bonchev–Trinajstić information content (AvgIpc) is 2.55. The maximum atomic E-state index is 11.8. The number of hydrogen-bond donors (Lipinski definition) is 2. The zero-order valence-corrected chi connectivity index (χ0v) is 11.9. The second kappa shape index (κ2) is 7.26. The molecule has 1 heterocycles. The standard InChI is InChI=1S/C15H16N2O5/c1-21-13(19)8-7-11-14(15(20)16-11)17-12(18)9-22-10-5-3-2-4-6-10/h2-8,11,14H,9H2,1H3,(H,16,20)(H,17,18)/b8-7+. The predicted molar refractivity (Wildman–Crippen MR) is 77.0 cm³/mol. The van der Waals surface area contributed by atoms with Gasteiger partial charge >= 0.3 is 5.97 Å². The lowest BCUT2D eigenvalue weighted by Gasteiger charge is -2.35. The first-order valence-electron chi connectivity index (χ1n) is 6.64. The van der Waals surface area contributed by atoms with Crippen LogP contribution in [0.25, 0.3) is 0 Å². The topological polar surface area (TPSA) is 93.7 Å². The molecule has 1 aromatic carbocycles.